The summed E-state index contributed by atoms with van der Waals surface area (Å²) in [5.74, 6) is 5.77. The summed E-state index contributed by atoms with van der Waals surface area (Å²) in [7, 11) is 0. The van der Waals surface area contributed by atoms with Gasteiger partial charge in [-0.15, -0.1) is 0 Å². The second-order valence-electron chi connectivity index (χ2n) is 21.8. The Kier molecular flexibility index (Phi) is 5.46. The summed E-state index contributed by atoms with van der Waals surface area (Å²) in [4.78, 5) is 0. The van der Waals surface area contributed by atoms with Gasteiger partial charge >= 0.3 is 0 Å². The molecule has 8 aromatic rings. The van der Waals surface area contributed by atoms with Gasteiger partial charge in [0.25, 0.3) is 0 Å². The summed E-state index contributed by atoms with van der Waals surface area (Å²) in [5.41, 5.74) is 5.65. The molecule has 16 rings (SSSR count). The van der Waals surface area contributed by atoms with Gasteiger partial charge in [-0.1, -0.05) is 63.2 Å². The predicted molar refractivity (Wildman–Crippen MR) is 230 cm³/mol. The van der Waals surface area contributed by atoms with Crippen LogP contribution in [0.2, 0.25) is 0 Å². The van der Waals surface area contributed by atoms with Crippen molar-refractivity contribution in [3.05, 3.63) is 95.6 Å². The molecule has 0 unspecified atom stereocenters. The first kappa shape index (κ1) is 30.3. The fraction of sp³-hybridized carbons (Fsp3) is 0.444. The van der Waals surface area contributed by atoms with Crippen molar-refractivity contribution in [2.45, 2.75) is 114 Å². The molecule has 8 aromatic carbocycles. The minimum absolute atomic E-state index is 0.0654. The van der Waals surface area contributed by atoms with Crippen molar-refractivity contribution in [1.82, 2.24) is 0 Å². The van der Waals surface area contributed by atoms with Gasteiger partial charge in [-0.3, -0.25) is 0 Å². The standard InChI is InChI=1S/C54H52/c1-52(2,3)37-19-46-39-10-8-36(54-26-32-14-33(27-54)16-34(15-32)28-54)18-43(39)49-21-44-41-6-4-5-40-42-17-35(53-23-29-11-30(24-53)13-31(12-29)25-53)7-9-38(42)48(50(40)41)22-45(44)47(20-37)51(46)49/h4-10,17-22,29-34H,11-16,23-28H2,1-3H3. The lowest BCUT2D eigenvalue weighted by molar-refractivity contribution is -0.00524. The van der Waals surface area contributed by atoms with Crippen LogP contribution in [0.1, 0.15) is 115 Å². The first-order valence-electron chi connectivity index (χ1n) is 22.0. The van der Waals surface area contributed by atoms with Crippen molar-refractivity contribution in [2.75, 3.05) is 0 Å². The smallest absolute Gasteiger partial charge is 0.00197 e. The molecule has 268 valence electrons. The van der Waals surface area contributed by atoms with Crippen LogP contribution in [0.5, 0.6) is 0 Å². The summed E-state index contributed by atoms with van der Waals surface area (Å²) in [6, 6.07) is 33.3. The maximum Gasteiger partial charge on any atom is -0.00197 e. The van der Waals surface area contributed by atoms with Gasteiger partial charge in [0.1, 0.15) is 0 Å². The molecular weight excluding hydrogens is 649 g/mol. The SMILES string of the molecule is CC(C)(C)c1cc2c3ccc(C45CC6CC(CC(C6)C4)C5)cc3c3cc4c(cc5c6ccc(C78CC9CC(CC(C9)C7)C8)cc6c6cccc4c65)c(c1)c23. The van der Waals surface area contributed by atoms with Crippen LogP contribution in [0.3, 0.4) is 0 Å². The number of hydrogen-bond acceptors (Lipinski definition) is 0. The van der Waals surface area contributed by atoms with Gasteiger partial charge in [-0.2, -0.15) is 0 Å². The van der Waals surface area contributed by atoms with E-state index in [1.54, 1.807) is 11.1 Å². The average molecular weight is 701 g/mol. The van der Waals surface area contributed by atoms with Crippen LogP contribution in [-0.2, 0) is 16.2 Å². The minimum Gasteiger partial charge on any atom is -0.0610 e. The van der Waals surface area contributed by atoms with E-state index in [1.807, 2.05) is 0 Å². The lowest BCUT2D eigenvalue weighted by atomic mass is 9.48. The van der Waals surface area contributed by atoms with Crippen molar-refractivity contribution in [1.29, 1.82) is 0 Å². The van der Waals surface area contributed by atoms with Gasteiger partial charge in [0.15, 0.2) is 0 Å². The first-order chi connectivity index (χ1) is 26.2. The Hall–Kier alpha value is -3.90. The molecule has 0 heteroatoms. The van der Waals surface area contributed by atoms with Crippen molar-refractivity contribution < 1.29 is 0 Å². The van der Waals surface area contributed by atoms with E-state index in [1.165, 1.54) is 158 Å². The van der Waals surface area contributed by atoms with Crippen molar-refractivity contribution in [2.24, 2.45) is 35.5 Å². The van der Waals surface area contributed by atoms with E-state index >= 15 is 0 Å². The maximum absolute atomic E-state index is 2.71. The normalized spacial score (nSPS) is 33.1. The van der Waals surface area contributed by atoms with E-state index in [4.69, 9.17) is 0 Å². The van der Waals surface area contributed by atoms with Gasteiger partial charge < -0.3 is 0 Å². The number of rotatable bonds is 2. The van der Waals surface area contributed by atoms with Gasteiger partial charge in [0.2, 0.25) is 0 Å². The van der Waals surface area contributed by atoms with Crippen LogP contribution in [-0.4, -0.2) is 0 Å². The Balaban J connectivity index is 1.05. The zero-order valence-corrected chi connectivity index (χ0v) is 32.5. The lowest BCUT2D eigenvalue weighted by Gasteiger charge is -2.57. The van der Waals surface area contributed by atoms with Crippen molar-refractivity contribution in [3.63, 3.8) is 0 Å². The third-order valence-electron chi connectivity index (χ3n) is 17.6. The molecule has 0 amide bonds. The van der Waals surface area contributed by atoms with E-state index in [0.717, 1.165) is 35.5 Å². The molecule has 0 aliphatic heterocycles. The molecule has 0 nitrogen and oxygen atoms in total. The second kappa shape index (κ2) is 9.72. The van der Waals surface area contributed by atoms with E-state index < -0.39 is 0 Å². The minimum atomic E-state index is 0.0654. The zero-order chi connectivity index (χ0) is 35.5. The molecular formula is C54H52. The number of benzene rings is 6. The summed E-state index contributed by atoms with van der Waals surface area (Å²) < 4.78 is 0. The van der Waals surface area contributed by atoms with Crippen LogP contribution in [0.4, 0.5) is 0 Å². The average Bonchev–Trinajstić information content (AvgIpc) is 3.63. The Morgan fingerprint density at radius 2 is 0.722 bits per heavy atom. The fourth-order valence-electron chi connectivity index (χ4n) is 16.1. The van der Waals surface area contributed by atoms with Crippen LogP contribution < -0.4 is 0 Å². The molecule has 8 fully saturated rings. The molecule has 8 aliphatic rings. The molecule has 0 aromatic heterocycles. The number of fused-ring (bicyclic) bond motifs is 9. The molecule has 54 heavy (non-hydrogen) atoms. The molecule has 0 radical (unpaired) electrons. The highest BCUT2D eigenvalue weighted by atomic mass is 14.6. The quantitative estimate of drug-likeness (QED) is 0.158. The van der Waals surface area contributed by atoms with E-state index in [2.05, 4.69) is 99.6 Å². The highest BCUT2D eigenvalue weighted by Crippen LogP contribution is 2.63. The predicted octanol–water partition coefficient (Wildman–Crippen LogP) is 14.9. The largest absolute Gasteiger partial charge is 0.0610 e. The van der Waals surface area contributed by atoms with Crippen LogP contribution >= 0.6 is 0 Å². The highest BCUT2D eigenvalue weighted by molar-refractivity contribution is 6.41. The Labute approximate surface area is 319 Å². The van der Waals surface area contributed by atoms with Gasteiger partial charge in [0, 0.05) is 0 Å². The van der Waals surface area contributed by atoms with Crippen LogP contribution in [0, 0.1) is 35.5 Å². The highest BCUT2D eigenvalue weighted by Gasteiger charge is 2.53. The molecule has 8 aliphatic carbocycles. The monoisotopic (exact) mass is 700 g/mol. The second-order valence-corrected chi connectivity index (χ2v) is 21.8. The summed E-state index contributed by atoms with van der Waals surface area (Å²) >= 11 is 0. The van der Waals surface area contributed by atoms with Crippen molar-refractivity contribution in [3.8, 4) is 0 Å². The molecule has 8 bridgehead atoms. The number of hydrogen-bond donors (Lipinski definition) is 0. The van der Waals surface area contributed by atoms with Crippen molar-refractivity contribution >= 4 is 75.4 Å². The molecule has 0 spiro atoms. The molecule has 0 heterocycles. The topological polar surface area (TPSA) is 0 Å². The third kappa shape index (κ3) is 3.78. The molecule has 8 saturated carbocycles. The van der Waals surface area contributed by atoms with Gasteiger partial charge in [-0.25, -0.2) is 0 Å². The van der Waals surface area contributed by atoms with Gasteiger partial charge in [0.05, 0.1) is 0 Å². The van der Waals surface area contributed by atoms with E-state index in [0.29, 0.717) is 10.8 Å². The summed E-state index contributed by atoms with van der Waals surface area (Å²) in [6.07, 6.45) is 17.6. The Morgan fingerprint density at radius 1 is 0.370 bits per heavy atom. The molecule has 0 saturated heterocycles. The molecule has 0 N–H and O–H groups in total. The third-order valence-corrected chi connectivity index (χ3v) is 17.6. The zero-order valence-electron chi connectivity index (χ0n) is 32.5. The van der Waals surface area contributed by atoms with Crippen LogP contribution in [0.25, 0.3) is 75.4 Å². The fourth-order valence-corrected chi connectivity index (χ4v) is 16.1. The molecule has 0 atom stereocenters. The Bertz CT molecular complexity index is 2860. The first-order valence-corrected chi connectivity index (χ1v) is 22.0. The lowest BCUT2D eigenvalue weighted by Crippen LogP contribution is -2.48. The summed E-state index contributed by atoms with van der Waals surface area (Å²) in [6.45, 7) is 7.20. The van der Waals surface area contributed by atoms with Crippen LogP contribution in [0.15, 0.2) is 78.9 Å². The maximum atomic E-state index is 2.71. The Morgan fingerprint density at radius 3 is 1.19 bits per heavy atom. The van der Waals surface area contributed by atoms with E-state index in [9.17, 15) is 0 Å². The van der Waals surface area contributed by atoms with Gasteiger partial charge in [-0.05, 0) is 257 Å². The summed E-state index contributed by atoms with van der Waals surface area (Å²) in [5, 5.41) is 20.6. The van der Waals surface area contributed by atoms with E-state index in [-0.39, 0.29) is 5.41 Å².